The molecule has 332 valence electrons. The van der Waals surface area contributed by atoms with Crippen LogP contribution in [0.2, 0.25) is 0 Å². The fourth-order valence-corrected chi connectivity index (χ4v) is 17.0. The number of nitrogens with zero attached hydrogens (tertiary/aromatic N) is 3. The first-order valence-electron chi connectivity index (χ1n) is 24.4. The van der Waals surface area contributed by atoms with Gasteiger partial charge < -0.3 is 18.1 Å². The molecule has 0 radical (unpaired) electrons. The summed E-state index contributed by atoms with van der Waals surface area (Å²) >= 11 is 0. The van der Waals surface area contributed by atoms with Crippen molar-refractivity contribution in [2.75, 3.05) is 0 Å². The highest BCUT2D eigenvalue weighted by atomic mass is 28.3. The minimum Gasteiger partial charge on any atom is -0.456 e. The maximum atomic E-state index is 6.91. The van der Waals surface area contributed by atoms with Crippen LogP contribution in [0.5, 0.6) is 0 Å². The number of rotatable bonds is 7. The van der Waals surface area contributed by atoms with E-state index in [1.54, 1.807) is 0 Å². The number of fused-ring (bicyclic) bond motifs is 12. The van der Waals surface area contributed by atoms with E-state index in [-0.39, 0.29) is 0 Å². The molecule has 0 aliphatic carbocycles. The summed E-state index contributed by atoms with van der Waals surface area (Å²) in [5.74, 6) is 0. The van der Waals surface area contributed by atoms with E-state index in [1.165, 1.54) is 64.1 Å². The van der Waals surface area contributed by atoms with Gasteiger partial charge in [-0.25, -0.2) is 0 Å². The Balaban J connectivity index is 0.908. The fourth-order valence-electron chi connectivity index (χ4n) is 12.2. The average molecular weight is 922 g/mol. The predicted octanol–water partition coefficient (Wildman–Crippen LogP) is 14.3. The Morgan fingerprint density at radius 1 is 0.254 bits per heavy atom. The molecule has 5 heteroatoms. The summed E-state index contributed by atoms with van der Waals surface area (Å²) in [6.45, 7) is 0. The van der Waals surface area contributed by atoms with Gasteiger partial charge in [-0.1, -0.05) is 182 Å². The van der Waals surface area contributed by atoms with Crippen LogP contribution in [0.1, 0.15) is 0 Å². The summed E-state index contributed by atoms with van der Waals surface area (Å²) < 4.78 is 14.2. The molecule has 0 N–H and O–H groups in total. The monoisotopic (exact) mass is 921 g/mol. The van der Waals surface area contributed by atoms with Crippen molar-refractivity contribution in [2.24, 2.45) is 0 Å². The number of para-hydroxylation sites is 4. The van der Waals surface area contributed by atoms with Crippen molar-refractivity contribution < 1.29 is 4.42 Å². The van der Waals surface area contributed by atoms with E-state index in [9.17, 15) is 0 Å². The Hall–Kier alpha value is -9.16. The van der Waals surface area contributed by atoms with Crippen LogP contribution < -0.4 is 20.7 Å². The topological polar surface area (TPSA) is 27.9 Å². The lowest BCUT2D eigenvalue weighted by atomic mass is 10.1. The first-order chi connectivity index (χ1) is 35.2. The minimum absolute atomic E-state index is 0.852. The Morgan fingerprint density at radius 3 is 1.24 bits per heavy atom. The third-order valence-electron chi connectivity index (χ3n) is 15.2. The predicted molar refractivity (Wildman–Crippen MR) is 300 cm³/mol. The Kier molecular flexibility index (Phi) is 8.64. The second-order valence-corrected chi connectivity index (χ2v) is 22.6. The highest BCUT2D eigenvalue weighted by Gasteiger charge is 2.41. The maximum Gasteiger partial charge on any atom is 0.179 e. The molecule has 0 saturated carbocycles. The van der Waals surface area contributed by atoms with Gasteiger partial charge in [-0.05, 0) is 93.5 Å². The molecule has 4 aromatic heterocycles. The number of hydrogen-bond acceptors (Lipinski definition) is 1. The second kappa shape index (κ2) is 15.4. The minimum atomic E-state index is -2.76. The molecule has 0 amide bonds. The lowest BCUT2D eigenvalue weighted by Crippen LogP contribution is -2.74. The van der Waals surface area contributed by atoms with Gasteiger partial charge in [0.2, 0.25) is 0 Å². The zero-order valence-corrected chi connectivity index (χ0v) is 39.6. The van der Waals surface area contributed by atoms with Gasteiger partial charge in [-0.2, -0.15) is 0 Å². The fraction of sp³-hybridized carbons (Fsp3) is 0. The molecule has 0 aliphatic rings. The summed E-state index contributed by atoms with van der Waals surface area (Å²) in [6.07, 6.45) is 0. The van der Waals surface area contributed by atoms with Crippen LogP contribution in [0.15, 0.2) is 265 Å². The standard InChI is InChI=1S/C66H43N3OSi/c1-4-19-46(20-5-1)71(47-21-6-2-7-22-47,48-23-8-3-9-24-48)49-37-40-61-56(43-49)53-28-12-16-31-59(53)68(61)45-35-38-54-65(42-45)70-64-34-18-33-63(66(54)64)69-60-32-17-13-27-52(60)55-41-44(36-39-62(55)69)67-57-29-14-10-25-50(57)51-26-11-15-30-58(51)67/h1-43H. The van der Waals surface area contributed by atoms with Gasteiger partial charge in [0.1, 0.15) is 11.2 Å². The maximum absolute atomic E-state index is 6.91. The number of aromatic nitrogens is 3. The van der Waals surface area contributed by atoms with E-state index in [2.05, 4.69) is 275 Å². The Morgan fingerprint density at radius 2 is 0.676 bits per heavy atom. The molecule has 0 unspecified atom stereocenters. The smallest absolute Gasteiger partial charge is 0.179 e. The van der Waals surface area contributed by atoms with E-state index in [0.29, 0.717) is 0 Å². The van der Waals surface area contributed by atoms with E-state index in [0.717, 1.165) is 61.1 Å². The van der Waals surface area contributed by atoms with Gasteiger partial charge in [-0.15, -0.1) is 0 Å². The van der Waals surface area contributed by atoms with Gasteiger partial charge in [-0.3, -0.25) is 0 Å². The van der Waals surface area contributed by atoms with Crippen LogP contribution in [0.25, 0.3) is 104 Å². The van der Waals surface area contributed by atoms with Crippen LogP contribution in [-0.2, 0) is 0 Å². The van der Waals surface area contributed by atoms with Crippen molar-refractivity contribution in [3.8, 4) is 17.1 Å². The summed E-state index contributed by atoms with van der Waals surface area (Å²) in [5.41, 5.74) is 12.0. The van der Waals surface area contributed by atoms with Crippen LogP contribution in [0, 0.1) is 0 Å². The quantitative estimate of drug-likeness (QED) is 0.116. The molecule has 71 heavy (non-hydrogen) atoms. The van der Waals surface area contributed by atoms with Crippen molar-refractivity contribution in [1.29, 1.82) is 0 Å². The van der Waals surface area contributed by atoms with Crippen molar-refractivity contribution in [3.05, 3.63) is 261 Å². The van der Waals surface area contributed by atoms with Gasteiger partial charge in [0.05, 0.1) is 44.2 Å². The largest absolute Gasteiger partial charge is 0.456 e. The van der Waals surface area contributed by atoms with Crippen molar-refractivity contribution >= 4 is 116 Å². The molecule has 0 atom stereocenters. The molecule has 0 spiro atoms. The lowest BCUT2D eigenvalue weighted by Gasteiger charge is -2.34. The molecular weight excluding hydrogens is 879 g/mol. The Labute approximate surface area is 410 Å². The molecule has 4 nitrogen and oxygen atoms in total. The second-order valence-electron chi connectivity index (χ2n) is 18.8. The molecule has 4 heterocycles. The van der Waals surface area contributed by atoms with Gasteiger partial charge in [0.15, 0.2) is 8.07 Å². The summed E-state index contributed by atoms with van der Waals surface area (Å²) in [5, 5.41) is 15.0. The van der Waals surface area contributed by atoms with Crippen LogP contribution in [0.3, 0.4) is 0 Å². The Bertz CT molecular complexity index is 4430. The SMILES string of the molecule is c1ccc([Si](c2ccccc2)(c2ccccc2)c2ccc3c(c2)c2ccccc2n3-c2ccc3c(c2)oc2cccc(-n4c5ccccc5c5cc(-n6c7ccccc7c7ccccc76)ccc54)c23)cc1. The van der Waals surface area contributed by atoms with Crippen molar-refractivity contribution in [2.45, 2.75) is 0 Å². The lowest BCUT2D eigenvalue weighted by molar-refractivity contribution is 0.668. The molecule has 0 bridgehead atoms. The zero-order chi connectivity index (χ0) is 46.6. The van der Waals surface area contributed by atoms with Gasteiger partial charge >= 0.3 is 0 Å². The molecular formula is C66H43N3OSi. The number of hydrogen-bond donors (Lipinski definition) is 0. The van der Waals surface area contributed by atoms with Crippen molar-refractivity contribution in [3.63, 3.8) is 0 Å². The summed E-state index contributed by atoms with van der Waals surface area (Å²) in [7, 11) is -2.76. The van der Waals surface area contributed by atoms with Crippen molar-refractivity contribution in [1.82, 2.24) is 13.7 Å². The van der Waals surface area contributed by atoms with E-state index >= 15 is 0 Å². The van der Waals surface area contributed by atoms with Crippen LogP contribution in [0.4, 0.5) is 0 Å². The normalized spacial score (nSPS) is 12.2. The summed E-state index contributed by atoms with van der Waals surface area (Å²) in [4.78, 5) is 0. The van der Waals surface area contributed by atoms with Crippen LogP contribution >= 0.6 is 0 Å². The third-order valence-corrected chi connectivity index (χ3v) is 20.0. The zero-order valence-electron chi connectivity index (χ0n) is 38.6. The molecule has 11 aromatic carbocycles. The average Bonchev–Trinajstić information content (AvgIpc) is 4.18. The third kappa shape index (κ3) is 5.72. The van der Waals surface area contributed by atoms with E-state index in [1.807, 2.05) is 0 Å². The first kappa shape index (κ1) is 39.8. The first-order valence-corrected chi connectivity index (χ1v) is 26.4. The number of benzene rings is 11. The number of furan rings is 1. The highest BCUT2D eigenvalue weighted by molar-refractivity contribution is 7.20. The molecule has 15 aromatic rings. The molecule has 0 aliphatic heterocycles. The van der Waals surface area contributed by atoms with Gasteiger partial charge in [0.25, 0.3) is 0 Å². The molecule has 0 saturated heterocycles. The molecule has 15 rings (SSSR count). The molecule has 0 fully saturated rings. The van der Waals surface area contributed by atoms with E-state index in [4.69, 9.17) is 4.42 Å². The van der Waals surface area contributed by atoms with E-state index < -0.39 is 8.07 Å². The highest BCUT2D eigenvalue weighted by Crippen LogP contribution is 2.42. The summed E-state index contributed by atoms with van der Waals surface area (Å²) in [6, 6.07) is 96.1. The van der Waals surface area contributed by atoms with Gasteiger partial charge in [0, 0.05) is 55.1 Å². The van der Waals surface area contributed by atoms with Crippen LogP contribution in [-0.4, -0.2) is 21.8 Å².